The number of rotatable bonds is 4. The van der Waals surface area contributed by atoms with Gasteiger partial charge in [-0.25, -0.2) is 0 Å². The summed E-state index contributed by atoms with van der Waals surface area (Å²) in [5, 5.41) is 0. The van der Waals surface area contributed by atoms with E-state index in [-0.39, 0.29) is 11.5 Å². The van der Waals surface area contributed by atoms with Gasteiger partial charge >= 0.3 is 0 Å². The van der Waals surface area contributed by atoms with Gasteiger partial charge in [0.2, 0.25) is 0 Å². The summed E-state index contributed by atoms with van der Waals surface area (Å²) in [4.78, 5) is 0. The molecule has 2 N–H and O–H groups in total. The predicted molar refractivity (Wildman–Crippen MR) is 91.4 cm³/mol. The molecule has 0 aliphatic rings. The molecule has 2 rings (SSSR count). The Morgan fingerprint density at radius 3 is 2.00 bits per heavy atom. The number of benzene rings is 2. The molecule has 21 heavy (non-hydrogen) atoms. The fourth-order valence-electron chi connectivity index (χ4n) is 2.64. The van der Waals surface area contributed by atoms with Gasteiger partial charge in [-0.1, -0.05) is 82.3 Å². The summed E-state index contributed by atoms with van der Waals surface area (Å²) in [7, 11) is 0. The lowest BCUT2D eigenvalue weighted by atomic mass is 9.85. The maximum Gasteiger partial charge on any atom is 0.0324 e. The molecule has 2 unspecified atom stereocenters. The molecule has 0 heterocycles. The monoisotopic (exact) mass is 281 g/mol. The standard InChI is InChI=1S/C20H27N/c1-15(19(21)17-8-6-5-7-9-17)14-16-10-12-18(13-11-16)20(2,3)4/h5-13,15,19H,14,21H2,1-4H3. The van der Waals surface area contributed by atoms with E-state index in [1.807, 2.05) is 6.07 Å². The Balaban J connectivity index is 2.04. The molecule has 1 nitrogen and oxygen atoms in total. The number of hydrogen-bond donors (Lipinski definition) is 1. The summed E-state index contributed by atoms with van der Waals surface area (Å²) in [6.45, 7) is 8.97. The minimum atomic E-state index is 0.0912. The van der Waals surface area contributed by atoms with E-state index in [1.54, 1.807) is 0 Å². The molecular formula is C20H27N. The average Bonchev–Trinajstić information content (AvgIpc) is 2.47. The topological polar surface area (TPSA) is 26.0 Å². The molecule has 2 aromatic rings. The fraction of sp³-hybridized carbons (Fsp3) is 0.400. The molecule has 0 aliphatic heterocycles. The number of nitrogens with two attached hydrogens (primary N) is 1. The summed E-state index contributed by atoms with van der Waals surface area (Å²) in [5.41, 5.74) is 10.6. The van der Waals surface area contributed by atoms with Gasteiger partial charge in [-0.3, -0.25) is 0 Å². The Hall–Kier alpha value is -1.60. The van der Waals surface area contributed by atoms with E-state index in [2.05, 4.69) is 76.2 Å². The minimum Gasteiger partial charge on any atom is -0.324 e. The van der Waals surface area contributed by atoms with Crippen molar-refractivity contribution in [2.45, 2.75) is 45.6 Å². The summed E-state index contributed by atoms with van der Waals surface area (Å²) >= 11 is 0. The van der Waals surface area contributed by atoms with Crippen molar-refractivity contribution in [3.63, 3.8) is 0 Å². The Labute approximate surface area is 129 Å². The van der Waals surface area contributed by atoms with E-state index in [9.17, 15) is 0 Å². The van der Waals surface area contributed by atoms with Gasteiger partial charge < -0.3 is 5.73 Å². The van der Waals surface area contributed by atoms with Crippen LogP contribution in [0.5, 0.6) is 0 Å². The second-order valence-electron chi connectivity index (χ2n) is 7.06. The van der Waals surface area contributed by atoms with Crippen molar-refractivity contribution in [1.82, 2.24) is 0 Å². The van der Waals surface area contributed by atoms with E-state index in [4.69, 9.17) is 5.73 Å². The van der Waals surface area contributed by atoms with Crippen molar-refractivity contribution in [2.24, 2.45) is 11.7 Å². The SMILES string of the molecule is CC(Cc1ccc(C(C)(C)C)cc1)C(N)c1ccccc1. The average molecular weight is 281 g/mol. The van der Waals surface area contributed by atoms with E-state index < -0.39 is 0 Å². The van der Waals surface area contributed by atoms with E-state index >= 15 is 0 Å². The zero-order valence-electron chi connectivity index (χ0n) is 13.6. The van der Waals surface area contributed by atoms with Crippen molar-refractivity contribution in [3.8, 4) is 0 Å². The fourth-order valence-corrected chi connectivity index (χ4v) is 2.64. The summed E-state index contributed by atoms with van der Waals surface area (Å²) < 4.78 is 0. The lowest BCUT2D eigenvalue weighted by Gasteiger charge is -2.22. The molecule has 1 heteroatoms. The minimum absolute atomic E-state index is 0.0912. The van der Waals surface area contributed by atoms with Gasteiger partial charge in [0.25, 0.3) is 0 Å². The van der Waals surface area contributed by atoms with Gasteiger partial charge in [0.05, 0.1) is 0 Å². The Morgan fingerprint density at radius 1 is 0.905 bits per heavy atom. The molecule has 0 bridgehead atoms. The normalized spacial score (nSPS) is 14.7. The van der Waals surface area contributed by atoms with Crippen LogP contribution in [0.15, 0.2) is 54.6 Å². The smallest absolute Gasteiger partial charge is 0.0324 e. The summed E-state index contributed by atoms with van der Waals surface area (Å²) in [5.74, 6) is 0.424. The Morgan fingerprint density at radius 2 is 1.48 bits per heavy atom. The molecule has 0 spiro atoms. The molecular weight excluding hydrogens is 254 g/mol. The van der Waals surface area contributed by atoms with Crippen LogP contribution >= 0.6 is 0 Å². The second-order valence-corrected chi connectivity index (χ2v) is 7.06. The van der Waals surface area contributed by atoms with Crippen molar-refractivity contribution in [2.75, 3.05) is 0 Å². The molecule has 0 saturated heterocycles. The van der Waals surface area contributed by atoms with Crippen LogP contribution in [-0.2, 0) is 11.8 Å². The third-order valence-corrected chi connectivity index (χ3v) is 4.18. The van der Waals surface area contributed by atoms with Gasteiger partial charge in [0.1, 0.15) is 0 Å². The second kappa shape index (κ2) is 6.44. The van der Waals surface area contributed by atoms with Crippen molar-refractivity contribution in [1.29, 1.82) is 0 Å². The quantitative estimate of drug-likeness (QED) is 0.850. The first-order chi connectivity index (χ1) is 9.88. The third-order valence-electron chi connectivity index (χ3n) is 4.18. The van der Waals surface area contributed by atoms with Crippen molar-refractivity contribution >= 4 is 0 Å². The zero-order valence-corrected chi connectivity index (χ0v) is 13.6. The lowest BCUT2D eigenvalue weighted by Crippen LogP contribution is -2.21. The first kappa shape index (κ1) is 15.8. The van der Waals surface area contributed by atoms with Gasteiger partial charge in [0.15, 0.2) is 0 Å². The van der Waals surface area contributed by atoms with Crippen LogP contribution in [0, 0.1) is 5.92 Å². The molecule has 2 aromatic carbocycles. The number of hydrogen-bond acceptors (Lipinski definition) is 1. The van der Waals surface area contributed by atoms with Crippen LogP contribution < -0.4 is 5.73 Å². The highest BCUT2D eigenvalue weighted by Gasteiger charge is 2.16. The van der Waals surface area contributed by atoms with E-state index in [0.717, 1.165) is 6.42 Å². The van der Waals surface area contributed by atoms with E-state index in [0.29, 0.717) is 5.92 Å². The first-order valence-electron chi connectivity index (χ1n) is 7.78. The van der Waals surface area contributed by atoms with Crippen molar-refractivity contribution in [3.05, 3.63) is 71.3 Å². The molecule has 0 radical (unpaired) electrons. The third kappa shape index (κ3) is 4.18. The highest BCUT2D eigenvalue weighted by molar-refractivity contribution is 5.28. The zero-order chi connectivity index (χ0) is 15.5. The first-order valence-corrected chi connectivity index (χ1v) is 7.78. The Kier molecular flexibility index (Phi) is 4.84. The van der Waals surface area contributed by atoms with Crippen LogP contribution in [0.2, 0.25) is 0 Å². The highest BCUT2D eigenvalue weighted by Crippen LogP contribution is 2.25. The molecule has 0 saturated carbocycles. The van der Waals surface area contributed by atoms with Crippen molar-refractivity contribution < 1.29 is 0 Å². The van der Waals surface area contributed by atoms with Crippen LogP contribution in [0.25, 0.3) is 0 Å². The lowest BCUT2D eigenvalue weighted by molar-refractivity contribution is 0.468. The molecule has 0 amide bonds. The molecule has 2 atom stereocenters. The van der Waals surface area contributed by atoms with E-state index in [1.165, 1.54) is 16.7 Å². The summed E-state index contributed by atoms with van der Waals surface area (Å²) in [6, 6.07) is 19.4. The molecule has 0 aromatic heterocycles. The maximum absolute atomic E-state index is 6.39. The molecule has 0 aliphatic carbocycles. The predicted octanol–water partition coefficient (Wildman–Crippen LogP) is 4.86. The largest absolute Gasteiger partial charge is 0.324 e. The van der Waals surface area contributed by atoms with Gasteiger partial charge in [-0.05, 0) is 34.4 Å². The van der Waals surface area contributed by atoms with Crippen LogP contribution in [-0.4, -0.2) is 0 Å². The molecule has 112 valence electrons. The van der Waals surface area contributed by atoms with Gasteiger partial charge in [-0.2, -0.15) is 0 Å². The Bertz CT molecular complexity index is 549. The molecule has 0 fully saturated rings. The van der Waals surface area contributed by atoms with Gasteiger partial charge in [0, 0.05) is 6.04 Å². The maximum atomic E-state index is 6.39. The van der Waals surface area contributed by atoms with Crippen LogP contribution in [0.1, 0.15) is 50.4 Å². The summed E-state index contributed by atoms with van der Waals surface area (Å²) in [6.07, 6.45) is 1.01. The van der Waals surface area contributed by atoms with Crippen LogP contribution in [0.3, 0.4) is 0 Å². The highest BCUT2D eigenvalue weighted by atomic mass is 14.6. The van der Waals surface area contributed by atoms with Crippen LogP contribution in [0.4, 0.5) is 0 Å². The van der Waals surface area contributed by atoms with Gasteiger partial charge in [-0.15, -0.1) is 0 Å².